The van der Waals surface area contributed by atoms with Crippen LogP contribution in [0, 0.1) is 0 Å². The number of morpholine rings is 1. The topological polar surface area (TPSA) is 102 Å². The number of hydrogen-bond donors (Lipinski definition) is 1. The number of nitrogens with zero attached hydrogens (tertiary/aromatic N) is 3. The van der Waals surface area contributed by atoms with Crippen molar-refractivity contribution in [2.24, 2.45) is 5.10 Å². The number of sulfonamides is 1. The molecule has 4 rings (SSSR count). The number of ether oxygens (including phenoxy) is 3. The van der Waals surface area contributed by atoms with Crippen LogP contribution in [-0.2, 0) is 14.8 Å². The molecular weight excluding hydrogens is 464 g/mol. The minimum Gasteiger partial charge on any atom is -0.493 e. The summed E-state index contributed by atoms with van der Waals surface area (Å²) < 4.78 is 43.1. The van der Waals surface area contributed by atoms with Crippen LogP contribution in [0.3, 0.4) is 0 Å². The molecule has 0 atom stereocenters. The van der Waals surface area contributed by atoms with Gasteiger partial charge in [0.15, 0.2) is 11.5 Å². The first-order valence-corrected chi connectivity index (χ1v) is 12.5. The predicted octanol–water partition coefficient (Wildman–Crippen LogP) is 3.29. The summed E-state index contributed by atoms with van der Waals surface area (Å²) >= 11 is 1.38. The molecule has 1 aliphatic rings. The highest BCUT2D eigenvalue weighted by Crippen LogP contribution is 2.29. The van der Waals surface area contributed by atoms with Gasteiger partial charge in [-0.25, -0.2) is 13.4 Å². The Morgan fingerprint density at radius 2 is 1.91 bits per heavy atom. The minimum atomic E-state index is -3.57. The van der Waals surface area contributed by atoms with Crippen molar-refractivity contribution in [3.8, 4) is 22.8 Å². The van der Waals surface area contributed by atoms with Crippen LogP contribution in [0.25, 0.3) is 11.3 Å². The summed E-state index contributed by atoms with van der Waals surface area (Å²) in [6, 6.07) is 12.3. The monoisotopic (exact) mass is 488 g/mol. The van der Waals surface area contributed by atoms with Gasteiger partial charge in [-0.15, -0.1) is 11.3 Å². The van der Waals surface area contributed by atoms with E-state index < -0.39 is 10.0 Å². The van der Waals surface area contributed by atoms with E-state index in [1.807, 2.05) is 23.6 Å². The first-order chi connectivity index (χ1) is 16.0. The van der Waals surface area contributed by atoms with Crippen LogP contribution in [0.4, 0.5) is 5.13 Å². The Morgan fingerprint density at radius 3 is 2.67 bits per heavy atom. The second kappa shape index (κ2) is 10.3. The van der Waals surface area contributed by atoms with Gasteiger partial charge < -0.3 is 14.2 Å². The van der Waals surface area contributed by atoms with Crippen LogP contribution < -0.4 is 14.9 Å². The lowest BCUT2D eigenvalue weighted by molar-refractivity contribution is 0.0730. The van der Waals surface area contributed by atoms with Gasteiger partial charge in [-0.1, -0.05) is 12.1 Å². The Balaban J connectivity index is 1.46. The van der Waals surface area contributed by atoms with E-state index in [9.17, 15) is 8.42 Å². The van der Waals surface area contributed by atoms with E-state index >= 15 is 0 Å². The van der Waals surface area contributed by atoms with Crippen LogP contribution in [0.5, 0.6) is 11.5 Å². The van der Waals surface area contributed by atoms with Gasteiger partial charge in [-0.3, -0.25) is 5.43 Å². The number of hydrogen-bond acceptors (Lipinski definition) is 9. The van der Waals surface area contributed by atoms with E-state index in [-0.39, 0.29) is 4.90 Å². The molecule has 0 saturated carbocycles. The van der Waals surface area contributed by atoms with Crippen LogP contribution in [0.2, 0.25) is 0 Å². The van der Waals surface area contributed by atoms with Crippen molar-refractivity contribution in [1.82, 2.24) is 9.29 Å². The highest BCUT2D eigenvalue weighted by Gasteiger charge is 2.26. The van der Waals surface area contributed by atoms with E-state index in [0.29, 0.717) is 48.6 Å². The van der Waals surface area contributed by atoms with Crippen molar-refractivity contribution in [3.05, 3.63) is 53.4 Å². The molecule has 3 aromatic rings. The summed E-state index contributed by atoms with van der Waals surface area (Å²) in [5, 5.41) is 6.67. The van der Waals surface area contributed by atoms with Gasteiger partial charge in [0.2, 0.25) is 15.2 Å². The fraction of sp³-hybridized carbons (Fsp3) is 0.273. The summed E-state index contributed by atoms with van der Waals surface area (Å²) in [5.41, 5.74) is 5.13. The van der Waals surface area contributed by atoms with Crippen molar-refractivity contribution in [3.63, 3.8) is 0 Å². The Morgan fingerprint density at radius 1 is 1.12 bits per heavy atom. The number of aromatic nitrogens is 1. The number of thiazole rings is 1. The molecule has 0 amide bonds. The number of nitrogens with one attached hydrogen (secondary N) is 1. The van der Waals surface area contributed by atoms with Crippen LogP contribution in [0.1, 0.15) is 5.56 Å². The Labute approximate surface area is 196 Å². The summed E-state index contributed by atoms with van der Waals surface area (Å²) in [6.45, 7) is 1.53. The summed E-state index contributed by atoms with van der Waals surface area (Å²) in [7, 11) is -0.408. The lowest BCUT2D eigenvalue weighted by Crippen LogP contribution is -2.40. The number of anilines is 1. The molecule has 1 fully saturated rings. The van der Waals surface area contributed by atoms with Gasteiger partial charge in [0.25, 0.3) is 0 Å². The Kier molecular flexibility index (Phi) is 7.23. The molecule has 0 bridgehead atoms. The van der Waals surface area contributed by atoms with Gasteiger partial charge >= 0.3 is 0 Å². The average molecular weight is 489 g/mol. The van der Waals surface area contributed by atoms with Crippen molar-refractivity contribution in [2.45, 2.75) is 4.90 Å². The Bertz CT molecular complexity index is 1240. The highest BCUT2D eigenvalue weighted by molar-refractivity contribution is 7.89. The highest BCUT2D eigenvalue weighted by atomic mass is 32.2. The first kappa shape index (κ1) is 23.2. The van der Waals surface area contributed by atoms with E-state index in [1.54, 1.807) is 44.7 Å². The number of benzene rings is 2. The molecule has 0 radical (unpaired) electrons. The molecule has 2 heterocycles. The zero-order valence-corrected chi connectivity index (χ0v) is 19.9. The quantitative estimate of drug-likeness (QED) is 0.383. The lowest BCUT2D eigenvalue weighted by atomic mass is 10.2. The zero-order chi connectivity index (χ0) is 23.3. The molecular formula is C22H24N4O5S2. The molecule has 33 heavy (non-hydrogen) atoms. The third-order valence-corrected chi connectivity index (χ3v) is 7.66. The molecule has 11 heteroatoms. The maximum Gasteiger partial charge on any atom is 0.243 e. The second-order valence-electron chi connectivity index (χ2n) is 7.07. The molecule has 1 N–H and O–H groups in total. The third kappa shape index (κ3) is 5.33. The number of hydrazone groups is 1. The summed E-state index contributed by atoms with van der Waals surface area (Å²) in [5.74, 6) is 1.26. The fourth-order valence-corrected chi connectivity index (χ4v) is 5.43. The zero-order valence-electron chi connectivity index (χ0n) is 18.2. The molecule has 0 spiro atoms. The van der Waals surface area contributed by atoms with Crippen molar-refractivity contribution in [1.29, 1.82) is 0 Å². The van der Waals surface area contributed by atoms with Gasteiger partial charge in [-0.2, -0.15) is 9.41 Å². The molecule has 174 valence electrons. The largest absolute Gasteiger partial charge is 0.493 e. The molecule has 1 saturated heterocycles. The van der Waals surface area contributed by atoms with Crippen molar-refractivity contribution >= 4 is 32.7 Å². The van der Waals surface area contributed by atoms with Gasteiger partial charge in [0.1, 0.15) is 0 Å². The lowest BCUT2D eigenvalue weighted by Gasteiger charge is -2.26. The average Bonchev–Trinajstić information content (AvgIpc) is 3.33. The summed E-state index contributed by atoms with van der Waals surface area (Å²) in [6.07, 6.45) is 1.65. The van der Waals surface area contributed by atoms with E-state index in [1.165, 1.54) is 15.6 Å². The van der Waals surface area contributed by atoms with Gasteiger partial charge in [0, 0.05) is 24.0 Å². The van der Waals surface area contributed by atoms with Crippen molar-refractivity contribution < 1.29 is 22.6 Å². The van der Waals surface area contributed by atoms with Crippen molar-refractivity contribution in [2.75, 3.05) is 45.9 Å². The number of methoxy groups -OCH3 is 2. The van der Waals surface area contributed by atoms with E-state index in [4.69, 9.17) is 14.2 Å². The van der Waals surface area contributed by atoms with Gasteiger partial charge in [0.05, 0.1) is 44.2 Å². The maximum atomic E-state index is 12.9. The maximum absolute atomic E-state index is 12.9. The van der Waals surface area contributed by atoms with Crippen LogP contribution >= 0.6 is 11.3 Å². The van der Waals surface area contributed by atoms with Crippen LogP contribution in [-0.4, -0.2) is 64.4 Å². The standard InChI is InChI=1S/C22H24N4O5S2/c1-29-20-7-6-16(12-21(20)30-2)14-23-25-22-24-19(15-32-22)17-4-3-5-18(13-17)33(27,28)26-8-10-31-11-9-26/h3-7,12-15H,8-11H2,1-2H3,(H,24,25). The molecule has 0 aliphatic carbocycles. The molecule has 0 unspecified atom stereocenters. The molecule has 1 aliphatic heterocycles. The minimum absolute atomic E-state index is 0.246. The molecule has 1 aromatic heterocycles. The smallest absolute Gasteiger partial charge is 0.243 e. The summed E-state index contributed by atoms with van der Waals surface area (Å²) in [4.78, 5) is 4.78. The van der Waals surface area contributed by atoms with E-state index in [0.717, 1.165) is 11.1 Å². The van der Waals surface area contributed by atoms with Crippen LogP contribution in [0.15, 0.2) is 57.8 Å². The Hall–Kier alpha value is -2.99. The third-order valence-electron chi connectivity index (χ3n) is 5.02. The fourth-order valence-electron chi connectivity index (χ4n) is 3.30. The molecule has 9 nitrogen and oxygen atoms in total. The number of rotatable bonds is 8. The predicted molar refractivity (Wildman–Crippen MR) is 128 cm³/mol. The SMILES string of the molecule is COc1ccc(C=NNc2nc(-c3cccc(S(=O)(=O)N4CCOCC4)c3)cs2)cc1OC. The van der Waals surface area contributed by atoms with Gasteiger partial charge in [-0.05, 0) is 35.9 Å². The molecule has 2 aromatic carbocycles. The first-order valence-electron chi connectivity index (χ1n) is 10.2. The second-order valence-corrected chi connectivity index (χ2v) is 9.86. The normalized spacial score (nSPS) is 15.0. The van der Waals surface area contributed by atoms with E-state index in [2.05, 4.69) is 15.5 Å².